The number of amides is 1. The molecule has 0 aliphatic rings. The van der Waals surface area contributed by atoms with Crippen molar-refractivity contribution >= 4 is 28.7 Å². The van der Waals surface area contributed by atoms with Crippen LogP contribution >= 0.6 is 22.6 Å². The number of alkyl halides is 1. The molecule has 0 aliphatic carbocycles. The van der Waals surface area contributed by atoms with E-state index in [1.54, 1.807) is 0 Å². The lowest BCUT2D eigenvalue weighted by molar-refractivity contribution is 0.135. The van der Waals surface area contributed by atoms with E-state index in [2.05, 4.69) is 41.8 Å². The number of ether oxygens (including phenoxy) is 1. The summed E-state index contributed by atoms with van der Waals surface area (Å²) in [5.41, 5.74) is 1.00. The molecule has 4 heteroatoms. The Morgan fingerprint density at radius 2 is 2.00 bits per heavy atom. The van der Waals surface area contributed by atoms with Gasteiger partial charge in [0.05, 0.1) is 0 Å². The molecule has 0 aromatic heterocycles. The monoisotopic (exact) mass is 361 g/mol. The second-order valence-corrected chi connectivity index (χ2v) is 5.57. The summed E-state index contributed by atoms with van der Waals surface area (Å²) in [6.07, 6.45) is 0.643. The third-order valence-electron chi connectivity index (χ3n) is 2.48. The zero-order valence-electron chi connectivity index (χ0n) is 10.9. The summed E-state index contributed by atoms with van der Waals surface area (Å²) in [5.74, 6) is 0.569. The molecule has 0 bridgehead atoms. The summed E-state index contributed by atoms with van der Waals surface area (Å²) in [6.45, 7) is 4.62. The van der Waals surface area contributed by atoms with Gasteiger partial charge in [-0.1, -0.05) is 66.8 Å². The highest BCUT2D eigenvalue weighted by Crippen LogP contribution is 2.08. The molecule has 1 aromatic carbocycles. The minimum atomic E-state index is -0.332. The van der Waals surface area contributed by atoms with Gasteiger partial charge in [-0.25, -0.2) is 4.79 Å². The molecule has 0 saturated carbocycles. The number of rotatable bonds is 6. The van der Waals surface area contributed by atoms with Crippen molar-refractivity contribution in [2.45, 2.75) is 32.9 Å². The van der Waals surface area contributed by atoms with Crippen LogP contribution in [0, 0.1) is 5.92 Å². The first kappa shape index (κ1) is 15.3. The van der Waals surface area contributed by atoms with Crippen LogP contribution in [-0.2, 0) is 11.3 Å². The molecule has 0 unspecified atom stereocenters. The van der Waals surface area contributed by atoms with Gasteiger partial charge in [0.25, 0.3) is 0 Å². The Morgan fingerprint density at radius 1 is 1.33 bits per heavy atom. The van der Waals surface area contributed by atoms with Crippen LogP contribution in [0.5, 0.6) is 0 Å². The first-order valence-electron chi connectivity index (χ1n) is 6.15. The highest BCUT2D eigenvalue weighted by Gasteiger charge is 2.13. The number of nitrogens with one attached hydrogen (secondary N) is 1. The third-order valence-corrected chi connectivity index (χ3v) is 3.54. The van der Waals surface area contributed by atoms with E-state index < -0.39 is 0 Å². The molecule has 1 atom stereocenters. The molecular weight excluding hydrogens is 341 g/mol. The SMILES string of the molecule is CC(C)C[C@@H](CI)NC(=O)OCc1ccccc1. The topological polar surface area (TPSA) is 38.3 Å². The molecule has 18 heavy (non-hydrogen) atoms. The Morgan fingerprint density at radius 3 is 2.56 bits per heavy atom. The van der Waals surface area contributed by atoms with Gasteiger partial charge in [0, 0.05) is 10.5 Å². The average Bonchev–Trinajstić information content (AvgIpc) is 2.36. The Hall–Kier alpha value is -0.780. The number of benzene rings is 1. The van der Waals surface area contributed by atoms with Crippen molar-refractivity contribution < 1.29 is 9.53 Å². The van der Waals surface area contributed by atoms with Gasteiger partial charge in [0.2, 0.25) is 0 Å². The first-order chi connectivity index (χ1) is 8.61. The first-order valence-corrected chi connectivity index (χ1v) is 7.67. The smallest absolute Gasteiger partial charge is 0.407 e. The van der Waals surface area contributed by atoms with Crippen molar-refractivity contribution in [3.05, 3.63) is 35.9 Å². The van der Waals surface area contributed by atoms with Crippen LogP contribution in [0.4, 0.5) is 4.79 Å². The maximum Gasteiger partial charge on any atom is 0.407 e. The summed E-state index contributed by atoms with van der Waals surface area (Å²) < 4.78 is 6.09. The largest absolute Gasteiger partial charge is 0.445 e. The predicted octanol–water partition coefficient (Wildman–Crippen LogP) is 3.76. The van der Waals surface area contributed by atoms with E-state index in [0.29, 0.717) is 12.5 Å². The zero-order chi connectivity index (χ0) is 13.4. The highest BCUT2D eigenvalue weighted by molar-refractivity contribution is 14.1. The van der Waals surface area contributed by atoms with Crippen molar-refractivity contribution in [3.63, 3.8) is 0 Å². The fraction of sp³-hybridized carbons (Fsp3) is 0.500. The Balaban J connectivity index is 2.32. The van der Waals surface area contributed by atoms with Crippen LogP contribution in [0.3, 0.4) is 0 Å². The second-order valence-electron chi connectivity index (χ2n) is 4.69. The summed E-state index contributed by atoms with van der Waals surface area (Å²) in [5, 5.41) is 2.90. The van der Waals surface area contributed by atoms with Crippen molar-refractivity contribution in [1.29, 1.82) is 0 Å². The fourth-order valence-corrected chi connectivity index (χ4v) is 2.24. The Bertz CT molecular complexity index is 354. The predicted molar refractivity (Wildman–Crippen MR) is 81.9 cm³/mol. The van der Waals surface area contributed by atoms with Crippen LogP contribution < -0.4 is 5.32 Å². The molecule has 0 radical (unpaired) electrons. The second kappa shape index (κ2) is 8.34. The van der Waals surface area contributed by atoms with Crippen LogP contribution in [0.15, 0.2) is 30.3 Å². The molecule has 1 amide bonds. The third kappa shape index (κ3) is 6.23. The number of carbonyl (C=O) groups excluding carboxylic acids is 1. The normalized spacial score (nSPS) is 12.2. The van der Waals surface area contributed by atoms with Crippen LogP contribution in [0.1, 0.15) is 25.8 Å². The maximum absolute atomic E-state index is 11.6. The minimum absolute atomic E-state index is 0.189. The minimum Gasteiger partial charge on any atom is -0.445 e. The van der Waals surface area contributed by atoms with Crippen molar-refractivity contribution in [3.8, 4) is 0 Å². The average molecular weight is 361 g/mol. The van der Waals surface area contributed by atoms with Gasteiger partial charge in [0.1, 0.15) is 6.61 Å². The highest BCUT2D eigenvalue weighted by atomic mass is 127. The van der Waals surface area contributed by atoms with E-state index in [1.165, 1.54) is 0 Å². The van der Waals surface area contributed by atoms with Crippen LogP contribution in [0.25, 0.3) is 0 Å². The quantitative estimate of drug-likeness (QED) is 0.619. The lowest BCUT2D eigenvalue weighted by atomic mass is 10.1. The molecule has 100 valence electrons. The van der Waals surface area contributed by atoms with Gasteiger partial charge in [0.15, 0.2) is 0 Å². The molecule has 0 spiro atoms. The Kier molecular flexibility index (Phi) is 7.08. The van der Waals surface area contributed by atoms with Gasteiger partial charge >= 0.3 is 6.09 Å². The standard InChI is InChI=1S/C14H20INO2/c1-11(2)8-13(9-15)16-14(17)18-10-12-6-4-3-5-7-12/h3-7,11,13H,8-10H2,1-2H3,(H,16,17)/t13-/m0/s1. The van der Waals surface area contributed by atoms with Gasteiger partial charge in [-0.05, 0) is 17.9 Å². The van der Waals surface area contributed by atoms with Gasteiger partial charge in [-0.2, -0.15) is 0 Å². The number of halogens is 1. The van der Waals surface area contributed by atoms with Gasteiger partial charge < -0.3 is 10.1 Å². The molecule has 0 heterocycles. The number of carbonyl (C=O) groups is 1. The summed E-state index contributed by atoms with van der Waals surface area (Å²) >= 11 is 2.29. The van der Waals surface area contributed by atoms with Crippen molar-refractivity contribution in [1.82, 2.24) is 5.32 Å². The number of alkyl carbamates (subject to hydrolysis) is 1. The summed E-state index contributed by atoms with van der Waals surface area (Å²) in [6, 6.07) is 9.88. The summed E-state index contributed by atoms with van der Waals surface area (Å²) in [4.78, 5) is 11.6. The lowest BCUT2D eigenvalue weighted by Crippen LogP contribution is -2.37. The molecule has 1 N–H and O–H groups in total. The lowest BCUT2D eigenvalue weighted by Gasteiger charge is -2.18. The molecule has 0 aliphatic heterocycles. The van der Waals surface area contributed by atoms with Crippen molar-refractivity contribution in [2.24, 2.45) is 5.92 Å². The van der Waals surface area contributed by atoms with E-state index in [9.17, 15) is 4.79 Å². The summed E-state index contributed by atoms with van der Waals surface area (Å²) in [7, 11) is 0. The zero-order valence-corrected chi connectivity index (χ0v) is 13.0. The van der Waals surface area contributed by atoms with Crippen LogP contribution in [-0.4, -0.2) is 16.6 Å². The number of hydrogen-bond acceptors (Lipinski definition) is 2. The fourth-order valence-electron chi connectivity index (χ4n) is 1.66. The van der Waals surface area contributed by atoms with Crippen LogP contribution in [0.2, 0.25) is 0 Å². The van der Waals surface area contributed by atoms with E-state index in [4.69, 9.17) is 4.74 Å². The van der Waals surface area contributed by atoms with Gasteiger partial charge in [-0.15, -0.1) is 0 Å². The molecule has 1 aromatic rings. The molecule has 3 nitrogen and oxygen atoms in total. The number of hydrogen-bond donors (Lipinski definition) is 1. The molecular formula is C14H20INO2. The molecule has 0 saturated heterocycles. The van der Waals surface area contributed by atoms with E-state index in [0.717, 1.165) is 16.4 Å². The van der Waals surface area contributed by atoms with E-state index >= 15 is 0 Å². The van der Waals surface area contributed by atoms with Gasteiger partial charge in [-0.3, -0.25) is 0 Å². The molecule has 1 rings (SSSR count). The van der Waals surface area contributed by atoms with Crippen molar-refractivity contribution in [2.75, 3.05) is 4.43 Å². The maximum atomic E-state index is 11.6. The molecule has 0 fully saturated rings. The van der Waals surface area contributed by atoms with E-state index in [1.807, 2.05) is 30.3 Å². The Labute approximate surface area is 122 Å². The van der Waals surface area contributed by atoms with E-state index in [-0.39, 0.29) is 12.1 Å².